The van der Waals surface area contributed by atoms with Gasteiger partial charge in [-0.25, -0.2) is 14.4 Å². The van der Waals surface area contributed by atoms with Crippen LogP contribution in [0.5, 0.6) is 5.75 Å². The smallest absolute Gasteiger partial charge is 0.465 e. The van der Waals surface area contributed by atoms with Gasteiger partial charge in [0.1, 0.15) is 5.56 Å². The van der Waals surface area contributed by atoms with Crippen LogP contribution in [0.4, 0.5) is 15.3 Å². The summed E-state index contributed by atoms with van der Waals surface area (Å²) in [6.07, 6.45) is 6.26. The molecular weight excluding hydrogens is 390 g/mol. The topological polar surface area (TPSA) is 100 Å². The number of carbonyl (C=O) groups excluding carboxylic acids is 3. The number of amides is 1. The maximum absolute atomic E-state index is 12.0. The maximum atomic E-state index is 12.0. The first-order chi connectivity index (χ1) is 14.5. The summed E-state index contributed by atoms with van der Waals surface area (Å²) >= 11 is 0. The summed E-state index contributed by atoms with van der Waals surface area (Å²) in [5.41, 5.74) is 0.353. The van der Waals surface area contributed by atoms with E-state index in [0.717, 1.165) is 51.4 Å². The number of hydrogen-bond donors (Lipinski definition) is 1. The van der Waals surface area contributed by atoms with Crippen molar-refractivity contribution in [3.8, 4) is 5.75 Å². The Kier molecular flexibility index (Phi) is 12.7. The van der Waals surface area contributed by atoms with Crippen LogP contribution < -0.4 is 10.1 Å². The summed E-state index contributed by atoms with van der Waals surface area (Å²) in [4.78, 5) is 35.8. The predicted molar refractivity (Wildman–Crippen MR) is 113 cm³/mol. The molecule has 0 unspecified atom stereocenters. The minimum atomic E-state index is -0.924. The van der Waals surface area contributed by atoms with Crippen molar-refractivity contribution in [2.75, 3.05) is 25.6 Å². The number of hydrogen-bond acceptors (Lipinski definition) is 7. The SMILES string of the molecule is CCCCCCOC(=O)Nc1ccc(C(=O)OC)c(OC(=O)OCCCCCC)c1. The molecule has 8 nitrogen and oxygen atoms in total. The first-order valence-corrected chi connectivity index (χ1v) is 10.5. The molecule has 1 amide bonds. The monoisotopic (exact) mass is 423 g/mol. The summed E-state index contributed by atoms with van der Waals surface area (Å²) in [7, 11) is 1.22. The van der Waals surface area contributed by atoms with Gasteiger partial charge in [0.05, 0.1) is 20.3 Å². The van der Waals surface area contributed by atoms with E-state index < -0.39 is 18.2 Å². The van der Waals surface area contributed by atoms with Crippen LogP contribution in [0.15, 0.2) is 18.2 Å². The number of methoxy groups -OCH3 is 1. The fraction of sp³-hybridized carbons (Fsp3) is 0.591. The van der Waals surface area contributed by atoms with Gasteiger partial charge in [-0.1, -0.05) is 52.4 Å². The molecule has 1 rings (SSSR count). The van der Waals surface area contributed by atoms with E-state index in [0.29, 0.717) is 12.3 Å². The highest BCUT2D eigenvalue weighted by molar-refractivity contribution is 5.95. The van der Waals surface area contributed by atoms with Crippen LogP contribution in [0.3, 0.4) is 0 Å². The van der Waals surface area contributed by atoms with Gasteiger partial charge in [0, 0.05) is 11.8 Å². The molecule has 168 valence electrons. The normalized spacial score (nSPS) is 10.2. The van der Waals surface area contributed by atoms with Gasteiger partial charge in [-0.3, -0.25) is 5.32 Å². The van der Waals surface area contributed by atoms with Crippen LogP contribution in [-0.2, 0) is 14.2 Å². The summed E-state index contributed by atoms with van der Waals surface area (Å²) in [5.74, 6) is -0.744. The molecule has 0 radical (unpaired) electrons. The van der Waals surface area contributed by atoms with Crippen molar-refractivity contribution in [2.24, 2.45) is 0 Å². The molecule has 0 aromatic heterocycles. The van der Waals surface area contributed by atoms with E-state index in [4.69, 9.17) is 18.9 Å². The molecule has 0 aliphatic carbocycles. The van der Waals surface area contributed by atoms with Gasteiger partial charge < -0.3 is 18.9 Å². The molecule has 1 N–H and O–H groups in total. The molecular formula is C22H33NO7. The molecule has 0 heterocycles. The molecule has 0 aliphatic heterocycles. The van der Waals surface area contributed by atoms with Crippen molar-refractivity contribution < 1.29 is 33.3 Å². The number of ether oxygens (including phenoxy) is 4. The van der Waals surface area contributed by atoms with Gasteiger partial charge in [0.2, 0.25) is 0 Å². The number of carbonyl (C=O) groups is 3. The van der Waals surface area contributed by atoms with Gasteiger partial charge in [-0.05, 0) is 25.0 Å². The minimum absolute atomic E-state index is 0.0407. The Hall–Kier alpha value is -2.77. The molecule has 0 fully saturated rings. The average Bonchev–Trinajstić information content (AvgIpc) is 2.73. The fourth-order valence-corrected chi connectivity index (χ4v) is 2.61. The van der Waals surface area contributed by atoms with Crippen molar-refractivity contribution in [1.29, 1.82) is 0 Å². The summed E-state index contributed by atoms with van der Waals surface area (Å²) in [6, 6.07) is 4.24. The van der Waals surface area contributed by atoms with Gasteiger partial charge in [0.15, 0.2) is 5.75 Å². The molecule has 0 bridgehead atoms. The molecule has 0 saturated carbocycles. The van der Waals surface area contributed by atoms with Gasteiger partial charge >= 0.3 is 18.2 Å². The zero-order chi connectivity index (χ0) is 22.2. The number of nitrogens with one attached hydrogen (secondary N) is 1. The Morgan fingerprint density at radius 2 is 1.50 bits per heavy atom. The lowest BCUT2D eigenvalue weighted by Crippen LogP contribution is -2.16. The third-order valence-electron chi connectivity index (χ3n) is 4.28. The third kappa shape index (κ3) is 10.1. The molecule has 8 heteroatoms. The number of benzene rings is 1. The minimum Gasteiger partial charge on any atom is -0.465 e. The van der Waals surface area contributed by atoms with Gasteiger partial charge in [-0.2, -0.15) is 0 Å². The van der Waals surface area contributed by atoms with Crippen LogP contribution in [-0.4, -0.2) is 38.5 Å². The molecule has 0 spiro atoms. The lowest BCUT2D eigenvalue weighted by molar-refractivity contribution is 0.0594. The Bertz CT molecular complexity index is 675. The highest BCUT2D eigenvalue weighted by Crippen LogP contribution is 2.25. The van der Waals surface area contributed by atoms with Crippen molar-refractivity contribution in [1.82, 2.24) is 0 Å². The van der Waals surface area contributed by atoms with E-state index in [-0.39, 0.29) is 17.9 Å². The molecule has 30 heavy (non-hydrogen) atoms. The van der Waals surface area contributed by atoms with Gasteiger partial charge in [0.25, 0.3) is 0 Å². The summed E-state index contributed by atoms with van der Waals surface area (Å²) in [6.45, 7) is 4.74. The van der Waals surface area contributed by atoms with Crippen molar-refractivity contribution >= 4 is 23.9 Å². The Morgan fingerprint density at radius 1 is 0.867 bits per heavy atom. The zero-order valence-corrected chi connectivity index (χ0v) is 18.2. The van der Waals surface area contributed by atoms with E-state index in [9.17, 15) is 14.4 Å². The van der Waals surface area contributed by atoms with E-state index in [1.165, 1.54) is 25.3 Å². The molecule has 0 atom stereocenters. The Labute approximate surface area is 178 Å². The standard InChI is InChI=1S/C22H33NO7/c1-4-6-8-10-14-28-21(25)23-17-12-13-18(20(24)27-3)19(16-17)30-22(26)29-15-11-9-7-5-2/h12-13,16H,4-11,14-15H2,1-3H3,(H,23,25). The highest BCUT2D eigenvalue weighted by atomic mass is 16.7. The maximum Gasteiger partial charge on any atom is 0.513 e. The second-order valence-corrected chi connectivity index (χ2v) is 6.79. The number of unbranched alkanes of at least 4 members (excludes halogenated alkanes) is 6. The van der Waals surface area contributed by atoms with Crippen molar-refractivity contribution in [3.63, 3.8) is 0 Å². The lowest BCUT2D eigenvalue weighted by atomic mass is 10.2. The average molecular weight is 424 g/mol. The Balaban J connectivity index is 2.67. The number of rotatable bonds is 13. The van der Waals surface area contributed by atoms with E-state index >= 15 is 0 Å². The zero-order valence-electron chi connectivity index (χ0n) is 18.2. The third-order valence-corrected chi connectivity index (χ3v) is 4.28. The van der Waals surface area contributed by atoms with E-state index in [1.807, 2.05) is 0 Å². The number of esters is 1. The largest absolute Gasteiger partial charge is 0.513 e. The highest BCUT2D eigenvalue weighted by Gasteiger charge is 2.18. The summed E-state index contributed by atoms with van der Waals surface area (Å²) < 4.78 is 20.0. The van der Waals surface area contributed by atoms with E-state index in [1.54, 1.807) is 0 Å². The van der Waals surface area contributed by atoms with Crippen molar-refractivity contribution in [3.05, 3.63) is 23.8 Å². The quantitative estimate of drug-likeness (QED) is 0.188. The first kappa shape index (κ1) is 25.3. The van der Waals surface area contributed by atoms with E-state index in [2.05, 4.69) is 19.2 Å². The number of anilines is 1. The van der Waals surface area contributed by atoms with Crippen LogP contribution >= 0.6 is 0 Å². The second kappa shape index (κ2) is 15.1. The lowest BCUT2D eigenvalue weighted by Gasteiger charge is -2.12. The van der Waals surface area contributed by atoms with Crippen LogP contribution in [0.1, 0.15) is 75.6 Å². The van der Waals surface area contributed by atoms with Crippen molar-refractivity contribution in [2.45, 2.75) is 65.2 Å². The molecule has 0 saturated heterocycles. The molecule has 0 aliphatic rings. The molecule has 1 aromatic carbocycles. The molecule has 1 aromatic rings. The Morgan fingerprint density at radius 3 is 2.10 bits per heavy atom. The van der Waals surface area contributed by atoms with Crippen LogP contribution in [0.25, 0.3) is 0 Å². The van der Waals surface area contributed by atoms with Crippen LogP contribution in [0, 0.1) is 0 Å². The predicted octanol–water partition coefficient (Wildman–Crippen LogP) is 5.70. The van der Waals surface area contributed by atoms with Gasteiger partial charge in [-0.15, -0.1) is 0 Å². The fourth-order valence-electron chi connectivity index (χ4n) is 2.61. The second-order valence-electron chi connectivity index (χ2n) is 6.79. The van der Waals surface area contributed by atoms with Crippen LogP contribution in [0.2, 0.25) is 0 Å². The summed E-state index contributed by atoms with van der Waals surface area (Å²) in [5, 5.41) is 2.55. The first-order valence-electron chi connectivity index (χ1n) is 10.5.